The van der Waals surface area contributed by atoms with E-state index in [9.17, 15) is 9.59 Å². The van der Waals surface area contributed by atoms with Crippen molar-refractivity contribution in [2.24, 2.45) is 23.8 Å². The third-order valence-electron chi connectivity index (χ3n) is 7.56. The van der Waals surface area contributed by atoms with Crippen molar-refractivity contribution in [3.05, 3.63) is 24.0 Å². The van der Waals surface area contributed by atoms with E-state index < -0.39 is 0 Å². The second kappa shape index (κ2) is 6.36. The third kappa shape index (κ3) is 2.72. The number of likely N-dealkylation sites (tertiary alicyclic amines) is 2. The molecule has 1 aromatic rings. The van der Waals surface area contributed by atoms with E-state index in [1.165, 1.54) is 0 Å². The highest BCUT2D eigenvalue weighted by Crippen LogP contribution is 2.62. The van der Waals surface area contributed by atoms with Gasteiger partial charge < -0.3 is 19.3 Å². The molecular weight excluding hydrogens is 340 g/mol. The molecule has 0 aromatic carbocycles. The Kier molecular flexibility index (Phi) is 4.37. The molecule has 27 heavy (non-hydrogen) atoms. The van der Waals surface area contributed by atoms with Crippen molar-refractivity contribution < 1.29 is 9.59 Å². The van der Waals surface area contributed by atoms with E-state index in [1.54, 1.807) is 4.90 Å². The van der Waals surface area contributed by atoms with Crippen LogP contribution in [0.5, 0.6) is 0 Å². The van der Waals surface area contributed by atoms with Gasteiger partial charge in [-0.05, 0) is 56.2 Å². The molecule has 3 heterocycles. The Hall–Kier alpha value is -1.82. The molecule has 2 aliphatic heterocycles. The second-order valence-corrected chi connectivity index (χ2v) is 9.26. The number of piperidine rings is 1. The first kappa shape index (κ1) is 18.5. The lowest BCUT2D eigenvalue weighted by atomic mass is 9.65. The van der Waals surface area contributed by atoms with Crippen LogP contribution in [0.2, 0.25) is 0 Å². The molecule has 0 N–H and O–H groups in total. The van der Waals surface area contributed by atoms with E-state index in [1.807, 2.05) is 48.9 Å². The Morgan fingerprint density at radius 2 is 1.81 bits per heavy atom. The van der Waals surface area contributed by atoms with E-state index in [2.05, 4.69) is 11.9 Å². The van der Waals surface area contributed by atoms with Gasteiger partial charge in [-0.2, -0.15) is 0 Å². The maximum atomic E-state index is 13.1. The molecule has 3 aliphatic rings. The molecule has 4 rings (SSSR count). The normalized spacial score (nSPS) is 29.9. The summed E-state index contributed by atoms with van der Waals surface area (Å²) in [7, 11) is 7.84. The zero-order chi connectivity index (χ0) is 19.4. The standard InChI is InChI=1S/C21H32N4O2/c1-22(2)19(27)21-8-7-20(17(21)14-23(3)15-21)9-12-25(13-10-20)18(26)16-6-5-11-24(16)4/h5-6,11,17H,7-10,12-15H2,1-4H3/t17-,21+/m0/s1. The molecule has 2 amide bonds. The Morgan fingerprint density at radius 1 is 1.11 bits per heavy atom. The van der Waals surface area contributed by atoms with Crippen molar-refractivity contribution in [3.63, 3.8) is 0 Å². The van der Waals surface area contributed by atoms with Crippen LogP contribution >= 0.6 is 0 Å². The van der Waals surface area contributed by atoms with Gasteiger partial charge in [0.05, 0.1) is 5.41 Å². The summed E-state index contributed by atoms with van der Waals surface area (Å²) in [6.45, 7) is 3.49. The van der Waals surface area contributed by atoms with Crippen LogP contribution in [-0.2, 0) is 11.8 Å². The van der Waals surface area contributed by atoms with Crippen LogP contribution < -0.4 is 0 Å². The van der Waals surface area contributed by atoms with Crippen LogP contribution in [0.25, 0.3) is 0 Å². The number of hydrogen-bond donors (Lipinski definition) is 0. The molecule has 0 unspecified atom stereocenters. The Bertz CT molecular complexity index is 747. The number of amides is 2. The number of carbonyl (C=O) groups is 2. The number of fused-ring (bicyclic) bond motifs is 2. The minimum Gasteiger partial charge on any atom is -0.348 e. The molecule has 1 saturated carbocycles. The minimum atomic E-state index is -0.220. The Labute approximate surface area is 162 Å². The number of nitrogens with zero attached hydrogens (tertiary/aromatic N) is 4. The SMILES string of the molecule is CN1C[C@H]2C3(CCN(C(=O)c4cccn4C)CC3)CC[C@@]2(C(=O)N(C)C)C1. The summed E-state index contributed by atoms with van der Waals surface area (Å²) in [5.41, 5.74) is 0.749. The summed E-state index contributed by atoms with van der Waals surface area (Å²) < 4.78 is 1.90. The fourth-order valence-electron chi connectivity index (χ4n) is 6.19. The van der Waals surface area contributed by atoms with Crippen LogP contribution in [0.3, 0.4) is 0 Å². The van der Waals surface area contributed by atoms with Crippen molar-refractivity contribution in [3.8, 4) is 0 Å². The average Bonchev–Trinajstić information content (AvgIpc) is 3.29. The maximum Gasteiger partial charge on any atom is 0.270 e. The third-order valence-corrected chi connectivity index (χ3v) is 7.56. The maximum absolute atomic E-state index is 13.1. The van der Waals surface area contributed by atoms with Crippen molar-refractivity contribution in [1.82, 2.24) is 19.3 Å². The summed E-state index contributed by atoms with van der Waals surface area (Å²) in [4.78, 5) is 32.1. The van der Waals surface area contributed by atoms with E-state index in [4.69, 9.17) is 0 Å². The van der Waals surface area contributed by atoms with E-state index >= 15 is 0 Å². The largest absolute Gasteiger partial charge is 0.348 e. The highest BCUT2D eigenvalue weighted by atomic mass is 16.2. The van der Waals surface area contributed by atoms with Gasteiger partial charge in [-0.15, -0.1) is 0 Å². The van der Waals surface area contributed by atoms with Gasteiger partial charge in [0.2, 0.25) is 5.91 Å². The van der Waals surface area contributed by atoms with Crippen LogP contribution in [0, 0.1) is 16.7 Å². The quantitative estimate of drug-likeness (QED) is 0.794. The lowest BCUT2D eigenvalue weighted by Crippen LogP contribution is -2.49. The summed E-state index contributed by atoms with van der Waals surface area (Å²) in [6.07, 6.45) is 6.07. The first-order chi connectivity index (χ1) is 12.8. The van der Waals surface area contributed by atoms with Crippen LogP contribution in [0.4, 0.5) is 0 Å². The molecule has 148 valence electrons. The lowest BCUT2D eigenvalue weighted by molar-refractivity contribution is -0.141. The number of aromatic nitrogens is 1. The van der Waals surface area contributed by atoms with E-state index in [0.29, 0.717) is 11.8 Å². The summed E-state index contributed by atoms with van der Waals surface area (Å²) in [6, 6.07) is 3.82. The highest BCUT2D eigenvalue weighted by molar-refractivity contribution is 5.92. The number of aryl methyl sites for hydroxylation is 1. The predicted molar refractivity (Wildman–Crippen MR) is 104 cm³/mol. The van der Waals surface area contributed by atoms with Crippen molar-refractivity contribution >= 4 is 11.8 Å². The number of rotatable bonds is 2. The highest BCUT2D eigenvalue weighted by Gasteiger charge is 2.64. The first-order valence-corrected chi connectivity index (χ1v) is 10.1. The Morgan fingerprint density at radius 3 is 2.41 bits per heavy atom. The summed E-state index contributed by atoms with van der Waals surface area (Å²) in [5.74, 6) is 0.850. The molecule has 1 aromatic heterocycles. The summed E-state index contributed by atoms with van der Waals surface area (Å²) >= 11 is 0. The topological polar surface area (TPSA) is 48.8 Å². The van der Waals surface area contributed by atoms with Crippen LogP contribution in [0.1, 0.15) is 36.2 Å². The molecule has 1 spiro atoms. The van der Waals surface area contributed by atoms with Gasteiger partial charge in [-0.1, -0.05) is 0 Å². The van der Waals surface area contributed by atoms with Gasteiger partial charge in [0.1, 0.15) is 5.69 Å². The van der Waals surface area contributed by atoms with Gasteiger partial charge in [-0.25, -0.2) is 0 Å². The van der Waals surface area contributed by atoms with Gasteiger partial charge >= 0.3 is 0 Å². The van der Waals surface area contributed by atoms with Crippen molar-refractivity contribution in [1.29, 1.82) is 0 Å². The molecule has 6 nitrogen and oxygen atoms in total. The Balaban J connectivity index is 1.52. The molecule has 6 heteroatoms. The van der Waals surface area contributed by atoms with Gasteiger partial charge in [0.15, 0.2) is 0 Å². The zero-order valence-electron chi connectivity index (χ0n) is 17.1. The second-order valence-electron chi connectivity index (χ2n) is 9.26. The average molecular weight is 373 g/mol. The monoisotopic (exact) mass is 372 g/mol. The zero-order valence-corrected chi connectivity index (χ0v) is 17.1. The smallest absolute Gasteiger partial charge is 0.270 e. The molecule has 0 radical (unpaired) electrons. The fraction of sp³-hybridized carbons (Fsp3) is 0.714. The number of carbonyl (C=O) groups excluding carboxylic acids is 2. The van der Waals surface area contributed by atoms with Crippen LogP contribution in [0.15, 0.2) is 18.3 Å². The predicted octanol–water partition coefficient (Wildman–Crippen LogP) is 1.68. The fourth-order valence-corrected chi connectivity index (χ4v) is 6.19. The molecular formula is C21H32N4O2. The molecule has 3 fully saturated rings. The minimum absolute atomic E-state index is 0.134. The molecule has 2 atom stereocenters. The van der Waals surface area contributed by atoms with Gasteiger partial charge in [0, 0.05) is 53.5 Å². The van der Waals surface area contributed by atoms with Gasteiger partial charge in [0.25, 0.3) is 5.91 Å². The van der Waals surface area contributed by atoms with Crippen LogP contribution in [-0.4, -0.2) is 78.4 Å². The molecule has 0 bridgehead atoms. The molecule has 1 aliphatic carbocycles. The van der Waals surface area contributed by atoms with E-state index in [-0.39, 0.29) is 16.7 Å². The molecule has 2 saturated heterocycles. The van der Waals surface area contributed by atoms with Crippen molar-refractivity contribution in [2.75, 3.05) is 47.3 Å². The number of hydrogen-bond acceptors (Lipinski definition) is 3. The first-order valence-electron chi connectivity index (χ1n) is 10.1. The lowest BCUT2D eigenvalue weighted by Gasteiger charge is -2.44. The van der Waals surface area contributed by atoms with E-state index in [0.717, 1.165) is 57.6 Å². The van der Waals surface area contributed by atoms with Gasteiger partial charge in [-0.3, -0.25) is 9.59 Å². The van der Waals surface area contributed by atoms with Crippen molar-refractivity contribution in [2.45, 2.75) is 25.7 Å². The summed E-state index contributed by atoms with van der Waals surface area (Å²) in [5, 5.41) is 0.